The van der Waals surface area contributed by atoms with E-state index in [1.54, 1.807) is 13.3 Å². The summed E-state index contributed by atoms with van der Waals surface area (Å²) in [5.74, 6) is -0.148. The van der Waals surface area contributed by atoms with Gasteiger partial charge in [-0.2, -0.15) is 5.10 Å². The zero-order valence-electron chi connectivity index (χ0n) is 14.7. The summed E-state index contributed by atoms with van der Waals surface area (Å²) in [5.41, 5.74) is 3.01. The minimum Gasteiger partial charge on any atom is -0.383 e. The number of rotatable bonds is 6. The van der Waals surface area contributed by atoms with Crippen molar-refractivity contribution in [2.75, 3.05) is 20.3 Å². The van der Waals surface area contributed by atoms with Crippen molar-refractivity contribution in [3.63, 3.8) is 0 Å². The molecule has 3 aromatic rings. The van der Waals surface area contributed by atoms with Gasteiger partial charge in [0, 0.05) is 25.3 Å². The standard InChI is InChI=1S/C19H22N4O2/c1-13(2)23-18-16(12-21-23)15(19(24)20-9-10-25-3)11-17(22-18)14-7-5-4-6-8-14/h4-8,11-13H,9-10H2,1-3H3,(H,20,24). The second-order valence-corrected chi connectivity index (χ2v) is 6.09. The largest absolute Gasteiger partial charge is 0.383 e. The normalized spacial score (nSPS) is 11.2. The molecular weight excluding hydrogens is 316 g/mol. The molecule has 0 fully saturated rings. The molecule has 2 heterocycles. The number of ether oxygens (including phenoxy) is 1. The van der Waals surface area contributed by atoms with Crippen LogP contribution in [0.2, 0.25) is 0 Å². The predicted molar refractivity (Wildman–Crippen MR) is 97.6 cm³/mol. The number of nitrogens with zero attached hydrogens (tertiary/aromatic N) is 3. The Morgan fingerprint density at radius 1 is 1.28 bits per heavy atom. The first kappa shape index (κ1) is 17.1. The minimum absolute atomic E-state index is 0.148. The fourth-order valence-electron chi connectivity index (χ4n) is 2.70. The predicted octanol–water partition coefficient (Wildman–Crippen LogP) is 3.06. The van der Waals surface area contributed by atoms with Gasteiger partial charge >= 0.3 is 0 Å². The van der Waals surface area contributed by atoms with E-state index in [9.17, 15) is 4.79 Å². The SMILES string of the molecule is COCCNC(=O)c1cc(-c2ccccc2)nc2c1cnn2C(C)C. The number of hydrogen-bond donors (Lipinski definition) is 1. The molecule has 2 aromatic heterocycles. The van der Waals surface area contributed by atoms with Gasteiger partial charge in [-0.15, -0.1) is 0 Å². The molecule has 1 aromatic carbocycles. The van der Waals surface area contributed by atoms with E-state index in [-0.39, 0.29) is 11.9 Å². The smallest absolute Gasteiger partial charge is 0.252 e. The van der Waals surface area contributed by atoms with Crippen LogP contribution in [0.3, 0.4) is 0 Å². The topological polar surface area (TPSA) is 69.0 Å². The average Bonchev–Trinajstić information content (AvgIpc) is 3.06. The van der Waals surface area contributed by atoms with Crippen LogP contribution in [0.5, 0.6) is 0 Å². The van der Waals surface area contributed by atoms with Gasteiger partial charge in [-0.05, 0) is 19.9 Å². The third kappa shape index (κ3) is 3.53. The Balaban J connectivity index is 2.12. The number of methoxy groups -OCH3 is 1. The third-order valence-electron chi connectivity index (χ3n) is 3.96. The molecule has 130 valence electrons. The lowest BCUT2D eigenvalue weighted by Gasteiger charge is -2.11. The van der Waals surface area contributed by atoms with Gasteiger partial charge in [-0.3, -0.25) is 4.79 Å². The van der Waals surface area contributed by atoms with Gasteiger partial charge in [0.15, 0.2) is 5.65 Å². The summed E-state index contributed by atoms with van der Waals surface area (Å²) >= 11 is 0. The van der Waals surface area contributed by atoms with Crippen LogP contribution in [-0.4, -0.2) is 40.9 Å². The van der Waals surface area contributed by atoms with Crippen LogP contribution in [0.4, 0.5) is 0 Å². The lowest BCUT2D eigenvalue weighted by molar-refractivity contribution is 0.0938. The number of carbonyl (C=O) groups is 1. The zero-order chi connectivity index (χ0) is 17.8. The average molecular weight is 338 g/mol. The van der Waals surface area contributed by atoms with Crippen LogP contribution in [0.25, 0.3) is 22.3 Å². The van der Waals surface area contributed by atoms with E-state index < -0.39 is 0 Å². The van der Waals surface area contributed by atoms with Crippen molar-refractivity contribution in [3.8, 4) is 11.3 Å². The van der Waals surface area contributed by atoms with Gasteiger partial charge in [0.25, 0.3) is 5.91 Å². The summed E-state index contributed by atoms with van der Waals surface area (Å²) < 4.78 is 6.84. The van der Waals surface area contributed by atoms with Crippen LogP contribution in [0.15, 0.2) is 42.6 Å². The molecule has 0 aliphatic carbocycles. The first-order valence-electron chi connectivity index (χ1n) is 8.32. The van der Waals surface area contributed by atoms with Crippen molar-refractivity contribution in [2.24, 2.45) is 0 Å². The monoisotopic (exact) mass is 338 g/mol. The highest BCUT2D eigenvalue weighted by atomic mass is 16.5. The Morgan fingerprint density at radius 2 is 2.04 bits per heavy atom. The summed E-state index contributed by atoms with van der Waals surface area (Å²) in [5, 5.41) is 8.05. The first-order chi connectivity index (χ1) is 12.1. The molecule has 3 rings (SSSR count). The summed E-state index contributed by atoms with van der Waals surface area (Å²) in [4.78, 5) is 17.4. The lowest BCUT2D eigenvalue weighted by Crippen LogP contribution is -2.27. The number of aromatic nitrogens is 3. The molecule has 0 aliphatic heterocycles. The van der Waals surface area contributed by atoms with E-state index in [4.69, 9.17) is 9.72 Å². The van der Waals surface area contributed by atoms with Crippen molar-refractivity contribution in [1.29, 1.82) is 0 Å². The van der Waals surface area contributed by atoms with Gasteiger partial charge < -0.3 is 10.1 Å². The van der Waals surface area contributed by atoms with E-state index in [0.717, 1.165) is 16.6 Å². The van der Waals surface area contributed by atoms with E-state index in [1.165, 1.54) is 0 Å². The van der Waals surface area contributed by atoms with Crippen LogP contribution >= 0.6 is 0 Å². The third-order valence-corrected chi connectivity index (χ3v) is 3.96. The Kier molecular flexibility index (Phi) is 5.09. The van der Waals surface area contributed by atoms with Crippen molar-refractivity contribution in [2.45, 2.75) is 19.9 Å². The van der Waals surface area contributed by atoms with Crippen molar-refractivity contribution >= 4 is 16.9 Å². The number of nitrogens with one attached hydrogen (secondary N) is 1. The number of pyridine rings is 1. The summed E-state index contributed by atoms with van der Waals surface area (Å²) in [6.45, 7) is 5.01. The van der Waals surface area contributed by atoms with Crippen LogP contribution < -0.4 is 5.32 Å². The minimum atomic E-state index is -0.148. The second-order valence-electron chi connectivity index (χ2n) is 6.09. The molecule has 0 radical (unpaired) electrons. The molecule has 1 N–H and O–H groups in total. The molecule has 0 bridgehead atoms. The van der Waals surface area contributed by atoms with Crippen molar-refractivity contribution < 1.29 is 9.53 Å². The highest BCUT2D eigenvalue weighted by molar-refractivity contribution is 6.06. The van der Waals surface area contributed by atoms with E-state index >= 15 is 0 Å². The lowest BCUT2D eigenvalue weighted by atomic mass is 10.1. The highest BCUT2D eigenvalue weighted by Crippen LogP contribution is 2.26. The van der Waals surface area contributed by atoms with Crippen LogP contribution in [0.1, 0.15) is 30.2 Å². The van der Waals surface area contributed by atoms with Gasteiger partial charge in [0.05, 0.1) is 29.4 Å². The van der Waals surface area contributed by atoms with E-state index in [2.05, 4.69) is 10.4 Å². The number of fused-ring (bicyclic) bond motifs is 1. The molecular formula is C19H22N4O2. The van der Waals surface area contributed by atoms with Gasteiger partial charge in [-0.25, -0.2) is 9.67 Å². The number of amides is 1. The second kappa shape index (κ2) is 7.44. The maximum absolute atomic E-state index is 12.7. The quantitative estimate of drug-likeness (QED) is 0.701. The maximum atomic E-state index is 12.7. The molecule has 0 unspecified atom stereocenters. The first-order valence-corrected chi connectivity index (χ1v) is 8.32. The zero-order valence-corrected chi connectivity index (χ0v) is 14.7. The molecule has 0 atom stereocenters. The Labute approximate surface area is 146 Å². The van der Waals surface area contributed by atoms with Gasteiger partial charge in [0.1, 0.15) is 0 Å². The van der Waals surface area contributed by atoms with E-state index in [0.29, 0.717) is 24.4 Å². The van der Waals surface area contributed by atoms with Gasteiger partial charge in [-0.1, -0.05) is 30.3 Å². The molecule has 6 heteroatoms. The van der Waals surface area contributed by atoms with E-state index in [1.807, 2.05) is 54.9 Å². The highest BCUT2D eigenvalue weighted by Gasteiger charge is 2.18. The maximum Gasteiger partial charge on any atom is 0.252 e. The summed E-state index contributed by atoms with van der Waals surface area (Å²) in [6, 6.07) is 11.8. The van der Waals surface area contributed by atoms with Gasteiger partial charge in [0.2, 0.25) is 0 Å². The molecule has 6 nitrogen and oxygen atoms in total. The van der Waals surface area contributed by atoms with Crippen LogP contribution in [-0.2, 0) is 4.74 Å². The molecule has 0 saturated carbocycles. The van der Waals surface area contributed by atoms with Crippen molar-refractivity contribution in [1.82, 2.24) is 20.1 Å². The molecule has 0 spiro atoms. The summed E-state index contributed by atoms with van der Waals surface area (Å²) in [7, 11) is 1.61. The molecule has 0 aliphatic rings. The Morgan fingerprint density at radius 3 is 2.72 bits per heavy atom. The number of carbonyl (C=O) groups excluding carboxylic acids is 1. The fraction of sp³-hybridized carbons (Fsp3) is 0.316. The Bertz CT molecular complexity index is 872. The number of benzene rings is 1. The fourth-order valence-corrected chi connectivity index (χ4v) is 2.70. The summed E-state index contributed by atoms with van der Waals surface area (Å²) in [6.07, 6.45) is 1.71. The van der Waals surface area contributed by atoms with Crippen molar-refractivity contribution in [3.05, 3.63) is 48.2 Å². The molecule has 25 heavy (non-hydrogen) atoms. The molecule has 1 amide bonds. The number of hydrogen-bond acceptors (Lipinski definition) is 4. The Hall–Kier alpha value is -2.73. The van der Waals surface area contributed by atoms with Crippen LogP contribution in [0, 0.1) is 0 Å². The molecule has 0 saturated heterocycles.